The molecule has 1 aromatic rings. The van der Waals surface area contributed by atoms with Crippen molar-refractivity contribution < 1.29 is 14.0 Å². The zero-order valence-electron chi connectivity index (χ0n) is 10.4. The van der Waals surface area contributed by atoms with E-state index in [4.69, 9.17) is 0 Å². The van der Waals surface area contributed by atoms with Gasteiger partial charge in [0, 0.05) is 30.0 Å². The van der Waals surface area contributed by atoms with E-state index in [-0.39, 0.29) is 29.8 Å². The third-order valence-electron chi connectivity index (χ3n) is 3.76. The number of hydrogen-bond acceptors (Lipinski definition) is 2. The molecule has 1 aliphatic heterocycles. The molecule has 1 amide bonds. The van der Waals surface area contributed by atoms with Crippen LogP contribution in [-0.4, -0.2) is 11.7 Å². The van der Waals surface area contributed by atoms with Crippen molar-refractivity contribution in [1.29, 1.82) is 0 Å². The fraction of sp³-hybridized carbons (Fsp3) is 0.333. The highest BCUT2D eigenvalue weighted by Gasteiger charge is 2.34. The van der Waals surface area contributed by atoms with Crippen LogP contribution in [0.1, 0.15) is 37.2 Å². The Bertz CT molecular complexity index is 574. The van der Waals surface area contributed by atoms with Gasteiger partial charge in [0.15, 0.2) is 5.78 Å². The molecule has 1 aromatic carbocycles. The number of nitrogens with one attached hydrogen (secondary N) is 1. The van der Waals surface area contributed by atoms with E-state index >= 15 is 0 Å². The molecule has 1 aliphatic carbocycles. The van der Waals surface area contributed by atoms with Gasteiger partial charge in [-0.2, -0.15) is 0 Å². The number of amides is 1. The number of Topliss-reactive ketones (excluding diaryl/α,β-unsaturated/α-hetero) is 1. The van der Waals surface area contributed by atoms with Crippen LogP contribution in [0.3, 0.4) is 0 Å². The Balaban J connectivity index is 2.05. The number of carbonyl (C=O) groups is 2. The quantitative estimate of drug-likeness (QED) is 0.842. The number of halogens is 1. The van der Waals surface area contributed by atoms with Crippen LogP contribution in [0.25, 0.3) is 0 Å². The van der Waals surface area contributed by atoms with Gasteiger partial charge < -0.3 is 5.32 Å². The monoisotopic (exact) mass is 259 g/mol. The van der Waals surface area contributed by atoms with Gasteiger partial charge in [-0.3, -0.25) is 9.59 Å². The van der Waals surface area contributed by atoms with Crippen LogP contribution < -0.4 is 5.32 Å². The molecule has 0 spiro atoms. The summed E-state index contributed by atoms with van der Waals surface area (Å²) in [5, 5.41) is 2.81. The standard InChI is InChI=1S/C15H14FNO2/c16-10-6-4-9(5-7-10)11-8-14(19)17-12-2-1-3-13(18)15(11)12/h4-7,11H,1-3,8H2,(H,17,19)/t11-/m0/s1. The number of benzene rings is 1. The van der Waals surface area contributed by atoms with E-state index in [2.05, 4.69) is 5.32 Å². The number of rotatable bonds is 1. The Kier molecular flexibility index (Phi) is 2.93. The summed E-state index contributed by atoms with van der Waals surface area (Å²) in [5.74, 6) is -0.497. The van der Waals surface area contributed by atoms with Gasteiger partial charge in [0.05, 0.1) is 0 Å². The molecule has 0 aromatic heterocycles. The summed E-state index contributed by atoms with van der Waals surface area (Å²) >= 11 is 0. The minimum atomic E-state index is -0.312. The molecule has 4 heteroatoms. The molecule has 0 bridgehead atoms. The maximum absolute atomic E-state index is 13.0. The third-order valence-corrected chi connectivity index (χ3v) is 3.76. The second-order valence-corrected chi connectivity index (χ2v) is 5.03. The highest BCUT2D eigenvalue weighted by molar-refractivity contribution is 6.01. The minimum absolute atomic E-state index is 0.0669. The molecule has 0 saturated heterocycles. The molecule has 0 unspecified atom stereocenters. The topological polar surface area (TPSA) is 46.2 Å². The molecule has 3 nitrogen and oxygen atoms in total. The van der Waals surface area contributed by atoms with Crippen LogP contribution in [-0.2, 0) is 9.59 Å². The van der Waals surface area contributed by atoms with E-state index in [1.807, 2.05) is 0 Å². The molecular formula is C15H14FNO2. The normalized spacial score (nSPS) is 23.1. The number of carbonyl (C=O) groups excluding carboxylic acids is 2. The van der Waals surface area contributed by atoms with Crippen molar-refractivity contribution in [2.24, 2.45) is 0 Å². The number of hydrogen-bond donors (Lipinski definition) is 1. The lowest BCUT2D eigenvalue weighted by molar-refractivity contribution is -0.122. The lowest BCUT2D eigenvalue weighted by atomic mass is 9.78. The Morgan fingerprint density at radius 1 is 1.11 bits per heavy atom. The highest BCUT2D eigenvalue weighted by atomic mass is 19.1. The van der Waals surface area contributed by atoms with Crippen LogP contribution in [0.4, 0.5) is 4.39 Å². The fourth-order valence-corrected chi connectivity index (χ4v) is 2.88. The highest BCUT2D eigenvalue weighted by Crippen LogP contribution is 2.37. The van der Waals surface area contributed by atoms with E-state index in [1.165, 1.54) is 12.1 Å². The maximum Gasteiger partial charge on any atom is 0.225 e. The molecule has 0 fully saturated rings. The third kappa shape index (κ3) is 2.18. The first-order chi connectivity index (χ1) is 9.15. The van der Waals surface area contributed by atoms with Gasteiger partial charge in [-0.25, -0.2) is 4.39 Å². The van der Waals surface area contributed by atoms with Gasteiger partial charge in [-0.05, 0) is 30.5 Å². The van der Waals surface area contributed by atoms with Crippen LogP contribution >= 0.6 is 0 Å². The Morgan fingerprint density at radius 3 is 2.58 bits per heavy atom. The van der Waals surface area contributed by atoms with Gasteiger partial charge in [0.2, 0.25) is 5.91 Å². The van der Waals surface area contributed by atoms with E-state index in [0.717, 1.165) is 29.7 Å². The Hall–Kier alpha value is -1.97. The summed E-state index contributed by atoms with van der Waals surface area (Å²) in [7, 11) is 0. The molecule has 1 heterocycles. The molecule has 19 heavy (non-hydrogen) atoms. The number of ketones is 1. The summed E-state index contributed by atoms with van der Waals surface area (Å²) in [6.07, 6.45) is 2.32. The fourth-order valence-electron chi connectivity index (χ4n) is 2.88. The van der Waals surface area contributed by atoms with Gasteiger partial charge in [-0.1, -0.05) is 12.1 Å². The van der Waals surface area contributed by atoms with Gasteiger partial charge in [0.1, 0.15) is 5.82 Å². The molecule has 1 atom stereocenters. The van der Waals surface area contributed by atoms with E-state index in [0.29, 0.717) is 6.42 Å². The smallest absolute Gasteiger partial charge is 0.225 e. The van der Waals surface area contributed by atoms with Crippen LogP contribution in [0.2, 0.25) is 0 Å². The van der Waals surface area contributed by atoms with Crippen molar-refractivity contribution in [3.8, 4) is 0 Å². The maximum atomic E-state index is 13.0. The lowest BCUT2D eigenvalue weighted by Crippen LogP contribution is -2.36. The van der Waals surface area contributed by atoms with E-state index in [9.17, 15) is 14.0 Å². The predicted molar refractivity (Wildman–Crippen MR) is 67.8 cm³/mol. The van der Waals surface area contributed by atoms with Crippen molar-refractivity contribution in [2.45, 2.75) is 31.6 Å². The van der Waals surface area contributed by atoms with Crippen LogP contribution in [0, 0.1) is 5.82 Å². The SMILES string of the molecule is O=C1C[C@@H](c2ccc(F)cc2)C2=C(CCCC2=O)N1. The van der Waals surface area contributed by atoms with Crippen LogP contribution in [0.15, 0.2) is 35.5 Å². The van der Waals surface area contributed by atoms with Crippen molar-refractivity contribution >= 4 is 11.7 Å². The molecule has 2 aliphatic rings. The van der Waals surface area contributed by atoms with E-state index in [1.54, 1.807) is 12.1 Å². The van der Waals surface area contributed by atoms with Crippen molar-refractivity contribution in [3.63, 3.8) is 0 Å². The van der Waals surface area contributed by atoms with Gasteiger partial charge >= 0.3 is 0 Å². The molecule has 0 radical (unpaired) electrons. The average molecular weight is 259 g/mol. The van der Waals surface area contributed by atoms with E-state index < -0.39 is 0 Å². The average Bonchev–Trinajstić information content (AvgIpc) is 2.38. The van der Waals surface area contributed by atoms with Crippen molar-refractivity contribution in [2.75, 3.05) is 0 Å². The predicted octanol–water partition coefficient (Wildman–Crippen LogP) is 2.44. The molecular weight excluding hydrogens is 245 g/mol. The second kappa shape index (κ2) is 4.61. The first-order valence-corrected chi connectivity index (χ1v) is 6.46. The summed E-state index contributed by atoms with van der Waals surface area (Å²) in [4.78, 5) is 23.8. The number of allylic oxidation sites excluding steroid dienone is 2. The summed E-state index contributed by atoms with van der Waals surface area (Å²) in [6, 6.07) is 6.06. The summed E-state index contributed by atoms with van der Waals surface area (Å²) < 4.78 is 13.0. The first-order valence-electron chi connectivity index (χ1n) is 6.46. The zero-order valence-corrected chi connectivity index (χ0v) is 10.4. The van der Waals surface area contributed by atoms with Crippen molar-refractivity contribution in [1.82, 2.24) is 5.32 Å². The largest absolute Gasteiger partial charge is 0.329 e. The minimum Gasteiger partial charge on any atom is -0.329 e. The molecule has 1 N–H and O–H groups in total. The molecule has 0 saturated carbocycles. The lowest BCUT2D eigenvalue weighted by Gasteiger charge is -2.31. The zero-order chi connectivity index (χ0) is 13.4. The molecule has 98 valence electrons. The van der Waals surface area contributed by atoms with Gasteiger partial charge in [-0.15, -0.1) is 0 Å². The van der Waals surface area contributed by atoms with Crippen LogP contribution in [0.5, 0.6) is 0 Å². The summed E-state index contributed by atoms with van der Waals surface area (Å²) in [6.45, 7) is 0. The van der Waals surface area contributed by atoms with Crippen molar-refractivity contribution in [3.05, 3.63) is 46.9 Å². The molecule has 3 rings (SSSR count). The second-order valence-electron chi connectivity index (χ2n) is 5.03. The Morgan fingerprint density at radius 2 is 1.84 bits per heavy atom. The van der Waals surface area contributed by atoms with Gasteiger partial charge in [0.25, 0.3) is 0 Å². The Labute approximate surface area is 110 Å². The summed E-state index contributed by atoms with van der Waals surface area (Å²) in [5.41, 5.74) is 2.32. The first kappa shape index (κ1) is 12.1.